The summed E-state index contributed by atoms with van der Waals surface area (Å²) >= 11 is 0. The lowest BCUT2D eigenvalue weighted by Gasteiger charge is -2.33. The molecular formula is C35H39N5O4. The summed E-state index contributed by atoms with van der Waals surface area (Å²) in [5.41, 5.74) is 3.38. The highest BCUT2D eigenvalue weighted by molar-refractivity contribution is 5.94. The third-order valence-electron chi connectivity index (χ3n) is 7.84. The van der Waals surface area contributed by atoms with Gasteiger partial charge in [0.1, 0.15) is 17.8 Å². The van der Waals surface area contributed by atoms with Crippen LogP contribution in [-0.4, -0.2) is 59.8 Å². The molecule has 3 heterocycles. The van der Waals surface area contributed by atoms with Crippen LogP contribution >= 0.6 is 0 Å². The minimum Gasteiger partial charge on any atom is -0.483 e. The molecule has 2 aliphatic heterocycles. The van der Waals surface area contributed by atoms with Crippen molar-refractivity contribution >= 4 is 34.7 Å². The molecule has 4 atom stereocenters. The third-order valence-corrected chi connectivity index (χ3v) is 7.84. The van der Waals surface area contributed by atoms with Crippen LogP contribution < -0.4 is 20.7 Å². The summed E-state index contributed by atoms with van der Waals surface area (Å²) in [6, 6.07) is 21.9. The predicted octanol–water partition coefficient (Wildman–Crippen LogP) is 4.19. The summed E-state index contributed by atoms with van der Waals surface area (Å²) in [5, 5.41) is 9.76. The van der Waals surface area contributed by atoms with Crippen molar-refractivity contribution in [3.8, 4) is 5.75 Å². The smallest absolute Gasteiger partial charge is 0.247 e. The van der Waals surface area contributed by atoms with Gasteiger partial charge in [0.05, 0.1) is 6.04 Å². The Kier molecular flexibility index (Phi) is 9.45. The van der Waals surface area contributed by atoms with E-state index in [1.807, 2.05) is 106 Å². The van der Waals surface area contributed by atoms with Gasteiger partial charge < -0.3 is 25.7 Å². The van der Waals surface area contributed by atoms with E-state index in [1.165, 1.54) is 0 Å². The second kappa shape index (κ2) is 13.6. The largest absolute Gasteiger partial charge is 0.483 e. The molecule has 3 amide bonds. The van der Waals surface area contributed by atoms with Crippen molar-refractivity contribution in [1.82, 2.24) is 25.8 Å². The van der Waals surface area contributed by atoms with Gasteiger partial charge in [-0.05, 0) is 61.0 Å². The summed E-state index contributed by atoms with van der Waals surface area (Å²) in [5.74, 6) is -0.725. The standard InChI is InChI=1S/C35H39N5O4/c1-22(2)31(40(3)4)35(43)39-30-32(24-10-6-5-7-11-24)44-26-16-14-23(15-17-26)18-19-36-33(41)29(38-34(30)42)20-25-21-37-28-13-9-8-12-27(25)28/h5-19,21-22,29-32,37H,20H2,1-4H3,(H,36,41)(H,38,42)(H,39,43)/b19-18-/t29-,30-,31-,32+/m0/s1. The molecule has 0 fully saturated rings. The van der Waals surface area contributed by atoms with E-state index >= 15 is 0 Å². The number of para-hydroxylation sites is 1. The average Bonchev–Trinajstić information content (AvgIpc) is 3.41. The summed E-state index contributed by atoms with van der Waals surface area (Å²) in [4.78, 5) is 46.8. The van der Waals surface area contributed by atoms with Gasteiger partial charge in [0.25, 0.3) is 0 Å². The number of aromatic amines is 1. The Balaban J connectivity index is 1.58. The molecule has 44 heavy (non-hydrogen) atoms. The number of benzene rings is 3. The highest BCUT2D eigenvalue weighted by Crippen LogP contribution is 2.27. The van der Waals surface area contributed by atoms with Gasteiger partial charge in [-0.25, -0.2) is 0 Å². The number of fused-ring (bicyclic) bond motifs is 11. The number of ether oxygens (including phenoxy) is 1. The third kappa shape index (κ3) is 7.01. The summed E-state index contributed by atoms with van der Waals surface area (Å²) in [6.07, 6.45) is 4.53. The van der Waals surface area contributed by atoms with Crippen LogP contribution in [-0.2, 0) is 20.8 Å². The fourth-order valence-corrected chi connectivity index (χ4v) is 5.74. The molecule has 0 saturated heterocycles. The number of amides is 3. The first kappa shape index (κ1) is 30.6. The van der Waals surface area contributed by atoms with Crippen LogP contribution in [0.5, 0.6) is 5.75 Å². The summed E-state index contributed by atoms with van der Waals surface area (Å²) in [6.45, 7) is 3.92. The van der Waals surface area contributed by atoms with Gasteiger partial charge in [-0.15, -0.1) is 0 Å². The first-order valence-corrected chi connectivity index (χ1v) is 14.8. The lowest BCUT2D eigenvalue weighted by atomic mass is 9.97. The Labute approximate surface area is 257 Å². The van der Waals surface area contributed by atoms with Gasteiger partial charge in [0.2, 0.25) is 17.7 Å². The van der Waals surface area contributed by atoms with Crippen molar-refractivity contribution < 1.29 is 19.1 Å². The van der Waals surface area contributed by atoms with E-state index in [0.717, 1.165) is 22.0 Å². The van der Waals surface area contributed by atoms with E-state index in [1.54, 1.807) is 24.4 Å². The summed E-state index contributed by atoms with van der Waals surface area (Å²) < 4.78 is 6.49. The van der Waals surface area contributed by atoms with Crippen molar-refractivity contribution in [2.75, 3.05) is 14.1 Å². The molecule has 0 spiro atoms. The molecule has 4 N–H and O–H groups in total. The molecular weight excluding hydrogens is 554 g/mol. The van der Waals surface area contributed by atoms with Gasteiger partial charge in [-0.3, -0.25) is 19.3 Å². The molecule has 9 heteroatoms. The van der Waals surface area contributed by atoms with Crippen LogP contribution in [0.1, 0.15) is 36.6 Å². The Hall–Kier alpha value is -4.89. The van der Waals surface area contributed by atoms with E-state index in [-0.39, 0.29) is 24.2 Å². The van der Waals surface area contributed by atoms with Crippen molar-refractivity contribution in [2.45, 2.75) is 44.5 Å². The molecule has 9 nitrogen and oxygen atoms in total. The second-order valence-electron chi connectivity index (χ2n) is 11.6. The van der Waals surface area contributed by atoms with E-state index in [0.29, 0.717) is 11.3 Å². The van der Waals surface area contributed by atoms with Crippen molar-refractivity contribution in [3.63, 3.8) is 0 Å². The van der Waals surface area contributed by atoms with E-state index in [9.17, 15) is 14.4 Å². The zero-order chi connectivity index (χ0) is 31.2. The highest BCUT2D eigenvalue weighted by atomic mass is 16.5. The Morgan fingerprint density at radius 3 is 2.34 bits per heavy atom. The quantitative estimate of drug-likeness (QED) is 0.257. The van der Waals surface area contributed by atoms with Crippen LogP contribution in [0.25, 0.3) is 17.0 Å². The van der Waals surface area contributed by atoms with E-state index in [2.05, 4.69) is 20.9 Å². The Morgan fingerprint density at radius 2 is 1.64 bits per heavy atom. The van der Waals surface area contributed by atoms with Crippen molar-refractivity contribution in [1.29, 1.82) is 0 Å². The molecule has 3 aromatic carbocycles. The number of rotatable bonds is 7. The zero-order valence-electron chi connectivity index (χ0n) is 25.4. The maximum absolute atomic E-state index is 14.3. The fourth-order valence-electron chi connectivity index (χ4n) is 5.74. The predicted molar refractivity (Wildman–Crippen MR) is 172 cm³/mol. The fraction of sp³-hybridized carbons (Fsp3) is 0.286. The SMILES string of the molecule is CC(C)[C@@H](C(=O)N[C@@H]1C(=O)N[C@@H](Cc2c[nH]c3ccccc23)C(=O)N/C=C\c2ccc(cc2)O[C@@H]1c1ccccc1)N(C)C. The van der Waals surface area contributed by atoms with Crippen molar-refractivity contribution in [2.24, 2.45) is 5.92 Å². The van der Waals surface area contributed by atoms with Gasteiger partial charge >= 0.3 is 0 Å². The molecule has 0 saturated carbocycles. The maximum atomic E-state index is 14.3. The van der Waals surface area contributed by atoms with Gasteiger partial charge in [0.15, 0.2) is 6.10 Å². The number of nitrogens with zero attached hydrogens (tertiary/aromatic N) is 1. The number of H-pyrrole nitrogens is 1. The first-order chi connectivity index (χ1) is 21.2. The molecule has 0 radical (unpaired) electrons. The van der Waals surface area contributed by atoms with Gasteiger partial charge in [0, 0.05) is 29.7 Å². The van der Waals surface area contributed by atoms with E-state index < -0.39 is 30.1 Å². The molecule has 2 bridgehead atoms. The Morgan fingerprint density at radius 1 is 0.932 bits per heavy atom. The monoisotopic (exact) mass is 593 g/mol. The number of carbonyl (C=O) groups is 3. The van der Waals surface area contributed by atoms with Crippen LogP contribution in [0.3, 0.4) is 0 Å². The van der Waals surface area contributed by atoms with Gasteiger partial charge in [-0.1, -0.05) is 74.5 Å². The van der Waals surface area contributed by atoms with Crippen LogP contribution in [0, 0.1) is 5.92 Å². The zero-order valence-corrected chi connectivity index (χ0v) is 25.4. The second-order valence-corrected chi connectivity index (χ2v) is 11.6. The number of aromatic nitrogens is 1. The average molecular weight is 594 g/mol. The molecule has 228 valence electrons. The normalized spacial score (nSPS) is 20.5. The number of hydrogen-bond acceptors (Lipinski definition) is 5. The Bertz CT molecular complexity index is 1620. The molecule has 0 unspecified atom stereocenters. The van der Waals surface area contributed by atoms with E-state index in [4.69, 9.17) is 4.74 Å². The number of nitrogens with one attached hydrogen (secondary N) is 4. The number of likely N-dealkylation sites (N-methyl/N-ethyl adjacent to an activating group) is 1. The number of carbonyl (C=O) groups excluding carboxylic acids is 3. The molecule has 6 rings (SSSR count). The molecule has 1 aromatic heterocycles. The lowest BCUT2D eigenvalue weighted by molar-refractivity contribution is -0.136. The minimum absolute atomic E-state index is 0.0256. The van der Waals surface area contributed by atoms with Crippen LogP contribution in [0.4, 0.5) is 0 Å². The van der Waals surface area contributed by atoms with Crippen molar-refractivity contribution in [3.05, 3.63) is 108 Å². The molecule has 2 aliphatic rings. The molecule has 0 aliphatic carbocycles. The lowest BCUT2D eigenvalue weighted by Crippen LogP contribution is -2.59. The topological polar surface area (TPSA) is 116 Å². The minimum atomic E-state index is -1.16. The maximum Gasteiger partial charge on any atom is 0.247 e. The summed E-state index contributed by atoms with van der Waals surface area (Å²) in [7, 11) is 3.67. The highest BCUT2D eigenvalue weighted by Gasteiger charge is 2.38. The molecule has 4 aromatic rings. The number of hydrogen-bond donors (Lipinski definition) is 4. The van der Waals surface area contributed by atoms with Crippen LogP contribution in [0.15, 0.2) is 91.3 Å². The van der Waals surface area contributed by atoms with Gasteiger partial charge in [-0.2, -0.15) is 0 Å². The first-order valence-electron chi connectivity index (χ1n) is 14.8. The van der Waals surface area contributed by atoms with Crippen LogP contribution in [0.2, 0.25) is 0 Å².